The molecule has 18 heavy (non-hydrogen) atoms. The highest BCUT2D eigenvalue weighted by Gasteiger charge is 2.29. The lowest BCUT2D eigenvalue weighted by molar-refractivity contribution is 0.246. The molecule has 0 spiro atoms. The first-order valence-electron chi connectivity index (χ1n) is 5.86. The summed E-state index contributed by atoms with van der Waals surface area (Å²) in [5.41, 5.74) is 0.00792. The van der Waals surface area contributed by atoms with Crippen LogP contribution in [0.15, 0.2) is 21.7 Å². The van der Waals surface area contributed by atoms with Crippen LogP contribution in [-0.4, -0.2) is 39.4 Å². The topological polar surface area (TPSA) is 49.4 Å². The molecule has 1 atom stereocenters. The van der Waals surface area contributed by atoms with Crippen molar-refractivity contribution >= 4 is 21.4 Å². The molecule has 0 aromatic carbocycles. The van der Waals surface area contributed by atoms with Gasteiger partial charge in [0.1, 0.15) is 4.21 Å². The first-order chi connectivity index (χ1) is 8.19. The van der Waals surface area contributed by atoms with E-state index in [0.717, 1.165) is 0 Å². The highest BCUT2D eigenvalue weighted by molar-refractivity contribution is 7.91. The van der Waals surface area contributed by atoms with E-state index in [1.165, 1.54) is 15.6 Å². The van der Waals surface area contributed by atoms with E-state index in [-0.39, 0.29) is 11.5 Å². The van der Waals surface area contributed by atoms with Crippen LogP contribution in [0.3, 0.4) is 0 Å². The third kappa shape index (κ3) is 3.54. The van der Waals surface area contributed by atoms with Gasteiger partial charge in [0.15, 0.2) is 0 Å². The number of sulfonamides is 1. The number of nitrogens with zero attached hydrogens (tertiary/aromatic N) is 1. The van der Waals surface area contributed by atoms with Crippen molar-refractivity contribution < 1.29 is 8.42 Å². The molecule has 104 valence electrons. The molecule has 0 saturated heterocycles. The Morgan fingerprint density at radius 1 is 1.44 bits per heavy atom. The summed E-state index contributed by atoms with van der Waals surface area (Å²) in [6, 6.07) is 3.50. The van der Waals surface area contributed by atoms with Crippen molar-refractivity contribution in [1.29, 1.82) is 0 Å². The molecule has 0 fully saturated rings. The Bertz CT molecular complexity index is 461. The number of hydrogen-bond acceptors (Lipinski definition) is 4. The number of rotatable bonds is 5. The number of likely N-dealkylation sites (N-methyl/N-ethyl adjacent to an activating group) is 2. The maximum Gasteiger partial charge on any atom is 0.252 e. The van der Waals surface area contributed by atoms with Crippen LogP contribution in [0.1, 0.15) is 20.8 Å². The second-order valence-corrected chi connectivity index (χ2v) is 8.64. The fourth-order valence-electron chi connectivity index (χ4n) is 1.72. The SMILES string of the molecule is CN[C@H](CN(C)S(=O)(=O)c1cccs1)C(C)(C)C. The van der Waals surface area contributed by atoms with Gasteiger partial charge in [0, 0.05) is 19.6 Å². The monoisotopic (exact) mass is 290 g/mol. The van der Waals surface area contributed by atoms with Gasteiger partial charge in [0.25, 0.3) is 10.0 Å². The molecule has 0 saturated carbocycles. The van der Waals surface area contributed by atoms with E-state index in [9.17, 15) is 8.42 Å². The van der Waals surface area contributed by atoms with E-state index in [4.69, 9.17) is 0 Å². The first-order valence-corrected chi connectivity index (χ1v) is 8.18. The van der Waals surface area contributed by atoms with Gasteiger partial charge in [-0.05, 0) is 23.9 Å². The molecular formula is C12H22N2O2S2. The number of nitrogens with one attached hydrogen (secondary N) is 1. The Hall–Kier alpha value is -0.430. The van der Waals surface area contributed by atoms with Crippen molar-refractivity contribution in [2.75, 3.05) is 20.6 Å². The van der Waals surface area contributed by atoms with E-state index in [0.29, 0.717) is 10.8 Å². The van der Waals surface area contributed by atoms with E-state index in [1.807, 2.05) is 7.05 Å². The van der Waals surface area contributed by atoms with Gasteiger partial charge in [-0.1, -0.05) is 26.8 Å². The van der Waals surface area contributed by atoms with E-state index in [1.54, 1.807) is 24.6 Å². The molecule has 4 nitrogen and oxygen atoms in total. The smallest absolute Gasteiger partial charge is 0.252 e. The lowest BCUT2D eigenvalue weighted by Gasteiger charge is -2.33. The largest absolute Gasteiger partial charge is 0.315 e. The van der Waals surface area contributed by atoms with Crippen LogP contribution in [0.5, 0.6) is 0 Å². The van der Waals surface area contributed by atoms with E-state index < -0.39 is 10.0 Å². The van der Waals surface area contributed by atoms with Crippen LogP contribution in [0, 0.1) is 5.41 Å². The van der Waals surface area contributed by atoms with Crippen molar-refractivity contribution in [3.63, 3.8) is 0 Å². The predicted molar refractivity (Wildman–Crippen MR) is 76.4 cm³/mol. The van der Waals surface area contributed by atoms with Crippen molar-refractivity contribution in [2.45, 2.75) is 31.0 Å². The summed E-state index contributed by atoms with van der Waals surface area (Å²) in [6.07, 6.45) is 0. The third-order valence-electron chi connectivity index (χ3n) is 2.99. The molecule has 0 aliphatic heterocycles. The highest BCUT2D eigenvalue weighted by Crippen LogP contribution is 2.24. The Morgan fingerprint density at radius 3 is 2.44 bits per heavy atom. The number of thiophene rings is 1. The molecule has 1 aromatic rings. The molecule has 1 N–H and O–H groups in total. The molecule has 1 heterocycles. The predicted octanol–water partition coefficient (Wildman–Crippen LogP) is 2.00. The molecular weight excluding hydrogens is 268 g/mol. The standard InChI is InChI=1S/C12H22N2O2S2/c1-12(2,3)10(13-4)9-14(5)18(15,16)11-7-6-8-17-11/h6-8,10,13H,9H2,1-5H3/t10-/m1/s1. The van der Waals surface area contributed by atoms with Crippen LogP contribution >= 0.6 is 11.3 Å². The molecule has 0 amide bonds. The molecule has 0 aliphatic rings. The van der Waals surface area contributed by atoms with Gasteiger partial charge < -0.3 is 5.32 Å². The minimum Gasteiger partial charge on any atom is -0.315 e. The molecule has 0 bridgehead atoms. The minimum absolute atomic E-state index is 0.00792. The molecule has 1 aromatic heterocycles. The Balaban J connectivity index is 2.86. The van der Waals surface area contributed by atoms with Gasteiger partial charge in [0.2, 0.25) is 0 Å². The Labute approximate surface area is 114 Å². The number of hydrogen-bond donors (Lipinski definition) is 1. The lowest BCUT2D eigenvalue weighted by Crippen LogP contribution is -2.47. The van der Waals surface area contributed by atoms with Gasteiger partial charge in [-0.2, -0.15) is 4.31 Å². The quantitative estimate of drug-likeness (QED) is 0.902. The second kappa shape index (κ2) is 5.69. The van der Waals surface area contributed by atoms with Crippen molar-refractivity contribution in [2.24, 2.45) is 5.41 Å². The van der Waals surface area contributed by atoms with Gasteiger partial charge in [-0.25, -0.2) is 8.42 Å². The maximum atomic E-state index is 12.3. The van der Waals surface area contributed by atoms with Crippen LogP contribution in [-0.2, 0) is 10.0 Å². The highest BCUT2D eigenvalue weighted by atomic mass is 32.2. The van der Waals surface area contributed by atoms with Gasteiger partial charge >= 0.3 is 0 Å². The summed E-state index contributed by atoms with van der Waals surface area (Å²) in [6.45, 7) is 6.75. The molecule has 1 rings (SSSR count). The summed E-state index contributed by atoms with van der Waals surface area (Å²) < 4.78 is 26.4. The minimum atomic E-state index is -3.35. The van der Waals surface area contributed by atoms with Gasteiger partial charge in [-0.15, -0.1) is 11.3 Å². The summed E-state index contributed by atoms with van der Waals surface area (Å²) >= 11 is 1.25. The molecule has 0 unspecified atom stereocenters. The van der Waals surface area contributed by atoms with Crippen LogP contribution in [0.4, 0.5) is 0 Å². The average molecular weight is 290 g/mol. The summed E-state index contributed by atoms with van der Waals surface area (Å²) in [7, 11) is 0.143. The fraction of sp³-hybridized carbons (Fsp3) is 0.667. The average Bonchev–Trinajstić information content (AvgIpc) is 2.77. The fourth-order valence-corrected chi connectivity index (χ4v) is 4.10. The maximum absolute atomic E-state index is 12.3. The van der Waals surface area contributed by atoms with Crippen LogP contribution < -0.4 is 5.32 Å². The summed E-state index contributed by atoms with van der Waals surface area (Å²) in [5, 5.41) is 4.97. The third-order valence-corrected chi connectivity index (χ3v) is 6.19. The zero-order valence-electron chi connectivity index (χ0n) is 11.6. The van der Waals surface area contributed by atoms with Crippen LogP contribution in [0.25, 0.3) is 0 Å². The molecule has 0 radical (unpaired) electrons. The van der Waals surface area contributed by atoms with Gasteiger partial charge in [0.05, 0.1) is 0 Å². The van der Waals surface area contributed by atoms with E-state index >= 15 is 0 Å². The first kappa shape index (κ1) is 15.6. The van der Waals surface area contributed by atoms with Crippen molar-refractivity contribution in [3.8, 4) is 0 Å². The zero-order chi connectivity index (χ0) is 14.0. The second-order valence-electron chi connectivity index (χ2n) is 5.42. The summed E-state index contributed by atoms with van der Waals surface area (Å²) in [5.74, 6) is 0. The van der Waals surface area contributed by atoms with E-state index in [2.05, 4.69) is 26.1 Å². The molecule has 0 aliphatic carbocycles. The molecule has 6 heteroatoms. The Morgan fingerprint density at radius 2 is 2.06 bits per heavy atom. The summed E-state index contributed by atoms with van der Waals surface area (Å²) in [4.78, 5) is 0. The Kier molecular flexibility index (Phi) is 4.94. The zero-order valence-corrected chi connectivity index (χ0v) is 13.2. The lowest BCUT2D eigenvalue weighted by atomic mass is 9.87. The van der Waals surface area contributed by atoms with Crippen molar-refractivity contribution in [3.05, 3.63) is 17.5 Å². The van der Waals surface area contributed by atoms with Crippen LogP contribution in [0.2, 0.25) is 0 Å². The normalized spacial score (nSPS) is 15.0. The van der Waals surface area contributed by atoms with Gasteiger partial charge in [-0.3, -0.25) is 0 Å². The van der Waals surface area contributed by atoms with Crippen molar-refractivity contribution in [1.82, 2.24) is 9.62 Å².